The van der Waals surface area contributed by atoms with Gasteiger partial charge in [-0.2, -0.15) is 0 Å². The summed E-state index contributed by atoms with van der Waals surface area (Å²) in [6, 6.07) is 0. The van der Waals surface area contributed by atoms with Gasteiger partial charge in [-0.25, -0.2) is 0 Å². The standard InChI is InChI=1S/C14H24O2/c1-9(2)8-10-11(14(10,6)7)12(15)16-13(3,4)5/h8,10-11H,1-7H3/t10-,11-/m0/s1. The Morgan fingerprint density at radius 2 is 1.75 bits per heavy atom. The second kappa shape index (κ2) is 3.90. The van der Waals surface area contributed by atoms with Gasteiger partial charge >= 0.3 is 5.97 Å². The zero-order chi connectivity index (χ0) is 12.7. The number of hydrogen-bond acceptors (Lipinski definition) is 2. The lowest BCUT2D eigenvalue weighted by molar-refractivity contribution is -0.157. The number of carbonyl (C=O) groups excluding carboxylic acids is 1. The van der Waals surface area contributed by atoms with Crippen molar-refractivity contribution in [1.82, 2.24) is 0 Å². The molecule has 0 aliphatic heterocycles. The summed E-state index contributed by atoms with van der Waals surface area (Å²) in [5.74, 6) is 0.314. The van der Waals surface area contributed by atoms with Gasteiger partial charge in [0.2, 0.25) is 0 Å². The smallest absolute Gasteiger partial charge is 0.310 e. The lowest BCUT2D eigenvalue weighted by Crippen LogP contribution is -2.26. The van der Waals surface area contributed by atoms with Crippen molar-refractivity contribution in [3.8, 4) is 0 Å². The highest BCUT2D eigenvalue weighted by Crippen LogP contribution is 2.60. The Labute approximate surface area is 99.1 Å². The van der Waals surface area contributed by atoms with Gasteiger partial charge in [0.1, 0.15) is 5.60 Å². The largest absolute Gasteiger partial charge is 0.460 e. The van der Waals surface area contributed by atoms with Crippen LogP contribution in [0.25, 0.3) is 0 Å². The molecule has 0 bridgehead atoms. The van der Waals surface area contributed by atoms with Gasteiger partial charge in [0.15, 0.2) is 0 Å². The van der Waals surface area contributed by atoms with Gasteiger partial charge in [0.25, 0.3) is 0 Å². The minimum absolute atomic E-state index is 0.0293. The molecule has 0 amide bonds. The van der Waals surface area contributed by atoms with Crippen LogP contribution in [0.15, 0.2) is 11.6 Å². The molecule has 1 aliphatic rings. The van der Waals surface area contributed by atoms with Crippen LogP contribution in [0.3, 0.4) is 0 Å². The molecular weight excluding hydrogens is 200 g/mol. The Morgan fingerprint density at radius 1 is 1.25 bits per heavy atom. The van der Waals surface area contributed by atoms with Gasteiger partial charge in [-0.1, -0.05) is 25.5 Å². The van der Waals surface area contributed by atoms with Crippen molar-refractivity contribution in [3.05, 3.63) is 11.6 Å². The highest BCUT2D eigenvalue weighted by Gasteiger charge is 2.61. The van der Waals surface area contributed by atoms with E-state index in [0.717, 1.165) is 0 Å². The summed E-state index contributed by atoms with van der Waals surface area (Å²) in [7, 11) is 0. The third-order valence-corrected chi connectivity index (χ3v) is 3.08. The molecule has 1 saturated carbocycles. The van der Waals surface area contributed by atoms with Crippen molar-refractivity contribution in [3.63, 3.8) is 0 Å². The van der Waals surface area contributed by atoms with Gasteiger partial charge in [-0.05, 0) is 46.0 Å². The summed E-state index contributed by atoms with van der Waals surface area (Å²) < 4.78 is 5.44. The van der Waals surface area contributed by atoms with E-state index in [1.807, 2.05) is 20.8 Å². The SMILES string of the molecule is CC(C)=C[C@H]1[C@@H](C(=O)OC(C)(C)C)C1(C)C. The van der Waals surface area contributed by atoms with Gasteiger partial charge in [-0.3, -0.25) is 4.79 Å². The molecule has 0 saturated heterocycles. The molecule has 0 heterocycles. The summed E-state index contributed by atoms with van der Waals surface area (Å²) >= 11 is 0. The molecule has 1 aliphatic carbocycles. The van der Waals surface area contributed by atoms with Crippen molar-refractivity contribution >= 4 is 5.97 Å². The van der Waals surface area contributed by atoms with Gasteiger partial charge < -0.3 is 4.74 Å². The molecular formula is C14H24O2. The summed E-state index contributed by atoms with van der Waals surface area (Å²) in [6.45, 7) is 14.1. The number of carbonyl (C=O) groups is 1. The van der Waals surface area contributed by atoms with E-state index in [1.165, 1.54) is 5.57 Å². The quantitative estimate of drug-likeness (QED) is 0.529. The molecule has 0 aromatic carbocycles. The lowest BCUT2D eigenvalue weighted by atomic mass is 10.1. The van der Waals surface area contributed by atoms with Gasteiger partial charge in [-0.15, -0.1) is 0 Å². The lowest BCUT2D eigenvalue weighted by Gasteiger charge is -2.19. The van der Waals surface area contributed by atoms with Crippen LogP contribution in [0.2, 0.25) is 0 Å². The van der Waals surface area contributed by atoms with E-state index in [2.05, 4.69) is 33.8 Å². The molecule has 2 nitrogen and oxygen atoms in total. The molecule has 2 atom stereocenters. The number of hydrogen-bond donors (Lipinski definition) is 0. The predicted octanol–water partition coefficient (Wildman–Crippen LogP) is 3.57. The van der Waals surface area contributed by atoms with E-state index in [9.17, 15) is 4.79 Å². The first-order valence-corrected chi connectivity index (χ1v) is 5.93. The van der Waals surface area contributed by atoms with Gasteiger partial charge in [0, 0.05) is 0 Å². The Balaban J connectivity index is 2.70. The van der Waals surface area contributed by atoms with Crippen LogP contribution in [0, 0.1) is 17.3 Å². The second-order valence-electron chi connectivity index (χ2n) is 6.60. The number of ether oxygens (including phenoxy) is 1. The van der Waals surface area contributed by atoms with E-state index in [4.69, 9.17) is 4.74 Å². The number of esters is 1. The molecule has 2 heteroatoms. The average Bonchev–Trinajstić information content (AvgIpc) is 2.47. The molecule has 1 rings (SSSR count). The number of rotatable bonds is 2. The zero-order valence-electron chi connectivity index (χ0n) is 11.5. The molecule has 0 radical (unpaired) electrons. The summed E-state index contributed by atoms with van der Waals surface area (Å²) in [5.41, 5.74) is 0.939. The Morgan fingerprint density at radius 3 is 2.12 bits per heavy atom. The summed E-state index contributed by atoms with van der Waals surface area (Å²) in [4.78, 5) is 12.0. The normalized spacial score (nSPS) is 27.2. The van der Waals surface area contributed by atoms with E-state index in [-0.39, 0.29) is 22.9 Å². The Bertz CT molecular complexity index is 314. The first-order valence-electron chi connectivity index (χ1n) is 5.93. The third kappa shape index (κ3) is 2.87. The molecule has 0 spiro atoms. The molecule has 92 valence electrons. The van der Waals surface area contributed by atoms with Crippen LogP contribution >= 0.6 is 0 Å². The number of allylic oxidation sites excluding steroid dienone is 2. The molecule has 1 fully saturated rings. The summed E-state index contributed by atoms with van der Waals surface area (Å²) in [6.07, 6.45) is 2.19. The Hall–Kier alpha value is -0.790. The first-order chi connectivity index (χ1) is 7.05. The van der Waals surface area contributed by atoms with Crippen molar-refractivity contribution in [1.29, 1.82) is 0 Å². The third-order valence-electron chi connectivity index (χ3n) is 3.08. The van der Waals surface area contributed by atoms with Crippen LogP contribution in [0.1, 0.15) is 48.5 Å². The van der Waals surface area contributed by atoms with Gasteiger partial charge in [0.05, 0.1) is 5.92 Å². The van der Waals surface area contributed by atoms with Crippen LogP contribution in [-0.2, 0) is 9.53 Å². The maximum atomic E-state index is 12.0. The van der Waals surface area contributed by atoms with E-state index in [0.29, 0.717) is 5.92 Å². The maximum absolute atomic E-state index is 12.0. The highest BCUT2D eigenvalue weighted by molar-refractivity contribution is 5.78. The van der Waals surface area contributed by atoms with Crippen molar-refractivity contribution in [2.75, 3.05) is 0 Å². The highest BCUT2D eigenvalue weighted by atomic mass is 16.6. The van der Waals surface area contributed by atoms with Crippen LogP contribution < -0.4 is 0 Å². The fourth-order valence-corrected chi connectivity index (χ4v) is 2.16. The molecule has 0 unspecified atom stereocenters. The van der Waals surface area contributed by atoms with E-state index in [1.54, 1.807) is 0 Å². The maximum Gasteiger partial charge on any atom is 0.310 e. The molecule has 0 aromatic heterocycles. The Kier molecular flexibility index (Phi) is 3.24. The van der Waals surface area contributed by atoms with Crippen LogP contribution in [-0.4, -0.2) is 11.6 Å². The zero-order valence-corrected chi connectivity index (χ0v) is 11.5. The topological polar surface area (TPSA) is 26.3 Å². The molecule has 0 N–H and O–H groups in total. The molecule has 16 heavy (non-hydrogen) atoms. The van der Waals surface area contributed by atoms with Crippen molar-refractivity contribution in [2.45, 2.75) is 54.1 Å². The van der Waals surface area contributed by atoms with Crippen molar-refractivity contribution in [2.24, 2.45) is 17.3 Å². The average molecular weight is 224 g/mol. The minimum atomic E-state index is -0.384. The summed E-state index contributed by atoms with van der Waals surface area (Å²) in [5, 5.41) is 0. The van der Waals surface area contributed by atoms with E-state index < -0.39 is 0 Å². The fourth-order valence-electron chi connectivity index (χ4n) is 2.16. The fraction of sp³-hybridized carbons (Fsp3) is 0.786. The van der Waals surface area contributed by atoms with Crippen LogP contribution in [0.5, 0.6) is 0 Å². The van der Waals surface area contributed by atoms with E-state index >= 15 is 0 Å². The second-order valence-corrected chi connectivity index (χ2v) is 6.60. The minimum Gasteiger partial charge on any atom is -0.460 e. The van der Waals surface area contributed by atoms with Crippen LogP contribution in [0.4, 0.5) is 0 Å². The monoisotopic (exact) mass is 224 g/mol. The first kappa shape index (κ1) is 13.3. The molecule has 0 aromatic rings. The predicted molar refractivity (Wildman–Crippen MR) is 66.0 cm³/mol. The van der Waals surface area contributed by atoms with Crippen molar-refractivity contribution < 1.29 is 9.53 Å².